The molecular weight excluding hydrogens is 260 g/mol. The van der Waals surface area contributed by atoms with E-state index in [0.29, 0.717) is 12.3 Å². The Morgan fingerprint density at radius 2 is 2.00 bits per heavy atom. The molecule has 5 heteroatoms. The fourth-order valence-corrected chi connectivity index (χ4v) is 1.78. The van der Waals surface area contributed by atoms with Gasteiger partial charge in [-0.1, -0.05) is 0 Å². The zero-order chi connectivity index (χ0) is 14.5. The third-order valence-electron chi connectivity index (χ3n) is 2.46. The molecule has 1 rings (SSSR count). The molecule has 1 aromatic rings. The van der Waals surface area contributed by atoms with Crippen LogP contribution < -0.4 is 15.8 Å². The van der Waals surface area contributed by atoms with Crippen molar-refractivity contribution >= 4 is 17.7 Å². The van der Waals surface area contributed by atoms with E-state index in [0.717, 1.165) is 4.90 Å². The van der Waals surface area contributed by atoms with Crippen molar-refractivity contribution in [3.05, 3.63) is 24.3 Å². The first kappa shape index (κ1) is 15.9. The smallest absolute Gasteiger partial charge is 0.260 e. The lowest BCUT2D eigenvalue weighted by atomic mass is 10.1. The number of carbonyl (C=O) groups is 1. The second-order valence-corrected chi connectivity index (χ2v) is 6.02. The standard InChI is InChI=1S/C14H22N2O2S/c1-10(13(17)16-9-14(2,3)15)18-11-5-7-12(19-4)8-6-11/h5-8,10H,9,15H2,1-4H3,(H,16,17). The molecule has 0 bridgehead atoms. The van der Waals surface area contributed by atoms with E-state index in [4.69, 9.17) is 10.5 Å². The van der Waals surface area contributed by atoms with Crippen LogP contribution in [0.5, 0.6) is 5.75 Å². The van der Waals surface area contributed by atoms with Crippen molar-refractivity contribution in [3.8, 4) is 5.75 Å². The Hall–Kier alpha value is -1.20. The minimum Gasteiger partial charge on any atom is -0.481 e. The van der Waals surface area contributed by atoms with Crippen molar-refractivity contribution in [3.63, 3.8) is 0 Å². The first-order valence-corrected chi connectivity index (χ1v) is 7.41. The Labute approximate surface area is 119 Å². The Balaban J connectivity index is 2.49. The predicted octanol–water partition coefficient (Wildman–Crippen LogP) is 2.03. The quantitative estimate of drug-likeness (QED) is 0.784. The van der Waals surface area contributed by atoms with Gasteiger partial charge in [0.05, 0.1) is 0 Å². The summed E-state index contributed by atoms with van der Waals surface area (Å²) in [6, 6.07) is 7.66. The van der Waals surface area contributed by atoms with Crippen LogP contribution >= 0.6 is 11.8 Å². The average Bonchev–Trinajstić information content (AvgIpc) is 2.36. The lowest BCUT2D eigenvalue weighted by Crippen LogP contribution is -2.48. The summed E-state index contributed by atoms with van der Waals surface area (Å²) in [5.41, 5.74) is 5.39. The summed E-state index contributed by atoms with van der Waals surface area (Å²) in [4.78, 5) is 13.0. The molecular formula is C14H22N2O2S. The molecule has 0 aliphatic heterocycles. The Bertz CT molecular complexity index is 412. The van der Waals surface area contributed by atoms with Crippen LogP contribution in [0.25, 0.3) is 0 Å². The Kier molecular flexibility index (Phi) is 5.69. The van der Waals surface area contributed by atoms with Crippen LogP contribution in [0.1, 0.15) is 20.8 Å². The maximum atomic E-state index is 11.8. The molecule has 1 atom stereocenters. The third kappa shape index (κ3) is 5.98. The van der Waals surface area contributed by atoms with E-state index in [-0.39, 0.29) is 5.91 Å². The van der Waals surface area contributed by atoms with E-state index in [9.17, 15) is 4.79 Å². The van der Waals surface area contributed by atoms with Crippen LogP contribution in [0.4, 0.5) is 0 Å². The molecule has 0 fully saturated rings. The number of benzene rings is 1. The molecule has 0 aliphatic carbocycles. The molecule has 4 nitrogen and oxygen atoms in total. The summed E-state index contributed by atoms with van der Waals surface area (Å²) in [7, 11) is 0. The first-order valence-electron chi connectivity index (χ1n) is 6.19. The van der Waals surface area contributed by atoms with Gasteiger partial charge in [-0.3, -0.25) is 4.79 Å². The summed E-state index contributed by atoms with van der Waals surface area (Å²) in [6.45, 7) is 5.87. The van der Waals surface area contributed by atoms with E-state index in [1.807, 2.05) is 44.4 Å². The fourth-order valence-electron chi connectivity index (χ4n) is 1.37. The van der Waals surface area contributed by atoms with Crippen molar-refractivity contribution in [2.75, 3.05) is 12.8 Å². The zero-order valence-corrected chi connectivity index (χ0v) is 12.7. The van der Waals surface area contributed by atoms with Gasteiger partial charge in [0.2, 0.25) is 0 Å². The summed E-state index contributed by atoms with van der Waals surface area (Å²) in [6.07, 6.45) is 1.48. The molecule has 0 aliphatic rings. The van der Waals surface area contributed by atoms with Gasteiger partial charge < -0.3 is 15.8 Å². The van der Waals surface area contributed by atoms with Gasteiger partial charge in [0.15, 0.2) is 6.10 Å². The number of ether oxygens (including phenoxy) is 1. The van der Waals surface area contributed by atoms with Gasteiger partial charge in [-0.25, -0.2) is 0 Å². The maximum Gasteiger partial charge on any atom is 0.260 e. The first-order chi connectivity index (χ1) is 8.81. The number of amides is 1. The van der Waals surface area contributed by atoms with Crippen LogP contribution in [0.2, 0.25) is 0 Å². The molecule has 0 aromatic heterocycles. The van der Waals surface area contributed by atoms with Crippen LogP contribution in [0, 0.1) is 0 Å². The highest BCUT2D eigenvalue weighted by Crippen LogP contribution is 2.19. The van der Waals surface area contributed by atoms with E-state index >= 15 is 0 Å². The number of thioether (sulfide) groups is 1. The predicted molar refractivity (Wildman–Crippen MR) is 79.6 cm³/mol. The van der Waals surface area contributed by atoms with Crippen molar-refractivity contribution in [1.29, 1.82) is 0 Å². The maximum absolute atomic E-state index is 11.8. The fraction of sp³-hybridized carbons (Fsp3) is 0.500. The number of nitrogens with one attached hydrogen (secondary N) is 1. The number of hydrogen-bond donors (Lipinski definition) is 2. The molecule has 106 valence electrons. The molecule has 0 heterocycles. The minimum atomic E-state index is -0.539. The number of carbonyl (C=O) groups excluding carboxylic acids is 1. The highest BCUT2D eigenvalue weighted by atomic mass is 32.2. The van der Waals surface area contributed by atoms with E-state index in [1.165, 1.54) is 0 Å². The zero-order valence-electron chi connectivity index (χ0n) is 11.9. The van der Waals surface area contributed by atoms with Gasteiger partial charge in [0.25, 0.3) is 5.91 Å². The third-order valence-corrected chi connectivity index (χ3v) is 3.20. The van der Waals surface area contributed by atoms with Crippen LogP contribution in [-0.2, 0) is 4.79 Å². The van der Waals surface area contributed by atoms with Crippen LogP contribution in [0.15, 0.2) is 29.2 Å². The molecule has 19 heavy (non-hydrogen) atoms. The molecule has 0 saturated heterocycles. The molecule has 3 N–H and O–H groups in total. The lowest BCUT2D eigenvalue weighted by Gasteiger charge is -2.21. The summed E-state index contributed by atoms with van der Waals surface area (Å²) < 4.78 is 5.58. The van der Waals surface area contributed by atoms with Gasteiger partial charge in [0, 0.05) is 17.0 Å². The number of hydrogen-bond acceptors (Lipinski definition) is 4. The summed E-state index contributed by atoms with van der Waals surface area (Å²) in [5.74, 6) is 0.528. The minimum absolute atomic E-state index is 0.160. The molecule has 0 saturated carbocycles. The van der Waals surface area contributed by atoms with Gasteiger partial charge in [-0.15, -0.1) is 11.8 Å². The van der Waals surface area contributed by atoms with Crippen LogP contribution in [-0.4, -0.2) is 30.4 Å². The Morgan fingerprint density at radius 3 is 2.47 bits per heavy atom. The molecule has 1 unspecified atom stereocenters. The van der Waals surface area contributed by atoms with E-state index in [2.05, 4.69) is 5.32 Å². The average molecular weight is 282 g/mol. The highest BCUT2D eigenvalue weighted by molar-refractivity contribution is 7.98. The number of rotatable bonds is 6. The molecule has 0 spiro atoms. The Morgan fingerprint density at radius 1 is 1.42 bits per heavy atom. The van der Waals surface area contributed by atoms with Crippen molar-refractivity contribution in [2.24, 2.45) is 5.73 Å². The van der Waals surface area contributed by atoms with Gasteiger partial charge in [0.1, 0.15) is 5.75 Å². The van der Waals surface area contributed by atoms with Crippen molar-refractivity contribution < 1.29 is 9.53 Å². The summed E-state index contributed by atoms with van der Waals surface area (Å²) in [5, 5.41) is 2.77. The van der Waals surface area contributed by atoms with Gasteiger partial charge >= 0.3 is 0 Å². The number of nitrogens with two attached hydrogens (primary N) is 1. The van der Waals surface area contributed by atoms with E-state index < -0.39 is 11.6 Å². The monoisotopic (exact) mass is 282 g/mol. The topological polar surface area (TPSA) is 64.3 Å². The lowest BCUT2D eigenvalue weighted by molar-refractivity contribution is -0.127. The second-order valence-electron chi connectivity index (χ2n) is 5.14. The van der Waals surface area contributed by atoms with Crippen LogP contribution in [0.3, 0.4) is 0 Å². The molecule has 1 amide bonds. The molecule has 1 aromatic carbocycles. The normalized spacial score (nSPS) is 12.9. The second kappa shape index (κ2) is 6.82. The highest BCUT2D eigenvalue weighted by Gasteiger charge is 2.18. The summed E-state index contributed by atoms with van der Waals surface area (Å²) >= 11 is 1.66. The van der Waals surface area contributed by atoms with E-state index in [1.54, 1.807) is 18.7 Å². The molecule has 0 radical (unpaired) electrons. The van der Waals surface area contributed by atoms with Gasteiger partial charge in [-0.2, -0.15) is 0 Å². The SMILES string of the molecule is CSc1ccc(OC(C)C(=O)NCC(C)(C)N)cc1. The van der Waals surface area contributed by atoms with Gasteiger partial charge in [-0.05, 0) is 51.3 Å². The van der Waals surface area contributed by atoms with Crippen molar-refractivity contribution in [1.82, 2.24) is 5.32 Å². The largest absolute Gasteiger partial charge is 0.481 e. The van der Waals surface area contributed by atoms with Crippen molar-refractivity contribution in [2.45, 2.75) is 37.3 Å².